The van der Waals surface area contributed by atoms with E-state index in [2.05, 4.69) is 4.98 Å². The van der Waals surface area contributed by atoms with Crippen molar-refractivity contribution in [1.82, 2.24) is 4.98 Å². The number of nitrogens with zero attached hydrogens (tertiary/aromatic N) is 2. The summed E-state index contributed by atoms with van der Waals surface area (Å²) < 4.78 is 17.0. The maximum Gasteiger partial charge on any atom is 0.328 e. The fourth-order valence-corrected chi connectivity index (χ4v) is 3.10. The van der Waals surface area contributed by atoms with Gasteiger partial charge in [0.1, 0.15) is 0 Å². The lowest BCUT2D eigenvalue weighted by Gasteiger charge is -2.22. The summed E-state index contributed by atoms with van der Waals surface area (Å²) in [7, 11) is -3.72. The van der Waals surface area contributed by atoms with E-state index in [4.69, 9.17) is 4.52 Å². The van der Waals surface area contributed by atoms with E-state index < -0.39 is 7.60 Å². The third kappa shape index (κ3) is 5.96. The predicted molar refractivity (Wildman–Crippen MR) is 82.4 cm³/mol. The first-order valence-electron chi connectivity index (χ1n) is 7.10. The molecule has 0 saturated carbocycles. The Morgan fingerprint density at radius 3 is 2.57 bits per heavy atom. The van der Waals surface area contributed by atoms with Gasteiger partial charge in [0.2, 0.25) is 5.91 Å². The van der Waals surface area contributed by atoms with Crippen LogP contribution in [-0.2, 0) is 13.9 Å². The highest BCUT2D eigenvalue weighted by molar-refractivity contribution is 7.52. The summed E-state index contributed by atoms with van der Waals surface area (Å²) in [6.45, 7) is 5.95. The van der Waals surface area contributed by atoms with E-state index in [9.17, 15) is 14.3 Å². The Bertz CT molecular complexity index is 495. The highest BCUT2D eigenvalue weighted by atomic mass is 31.2. The molecule has 0 aromatic carbocycles. The molecule has 0 saturated heterocycles. The molecule has 1 N–H and O–H groups in total. The summed E-state index contributed by atoms with van der Waals surface area (Å²) in [5.74, 6) is -0.203. The fraction of sp³-hybridized carbons (Fsp3) is 0.571. The summed E-state index contributed by atoms with van der Waals surface area (Å²) in [5.41, 5.74) is 0.730. The van der Waals surface area contributed by atoms with Gasteiger partial charge < -0.3 is 14.3 Å². The third-order valence-electron chi connectivity index (χ3n) is 3.12. The van der Waals surface area contributed by atoms with E-state index in [-0.39, 0.29) is 24.6 Å². The first-order valence-corrected chi connectivity index (χ1v) is 8.86. The molecule has 0 fully saturated rings. The Morgan fingerprint density at radius 1 is 1.43 bits per heavy atom. The second-order valence-corrected chi connectivity index (χ2v) is 6.71. The highest BCUT2D eigenvalue weighted by Gasteiger charge is 2.25. The van der Waals surface area contributed by atoms with Crippen molar-refractivity contribution in [2.45, 2.75) is 39.7 Å². The maximum absolute atomic E-state index is 12.2. The van der Waals surface area contributed by atoms with E-state index >= 15 is 0 Å². The monoisotopic (exact) mass is 314 g/mol. The molecule has 0 bridgehead atoms. The molecule has 6 nitrogen and oxygen atoms in total. The van der Waals surface area contributed by atoms with E-state index in [0.29, 0.717) is 13.0 Å². The first kappa shape index (κ1) is 17.8. The highest BCUT2D eigenvalue weighted by Crippen LogP contribution is 2.44. The minimum absolute atomic E-state index is 0.0274. The van der Waals surface area contributed by atoms with Crippen LogP contribution in [0.15, 0.2) is 24.5 Å². The molecule has 0 aliphatic heterocycles. The van der Waals surface area contributed by atoms with Gasteiger partial charge in [-0.1, -0.05) is 6.92 Å². The van der Waals surface area contributed by atoms with Crippen LogP contribution < -0.4 is 4.90 Å². The molecule has 1 heterocycles. The molecule has 0 spiro atoms. The van der Waals surface area contributed by atoms with Crippen LogP contribution in [0.3, 0.4) is 0 Å². The predicted octanol–water partition coefficient (Wildman–Crippen LogP) is 2.83. The summed E-state index contributed by atoms with van der Waals surface area (Å²) in [6, 6.07) is 3.46. The van der Waals surface area contributed by atoms with Crippen LogP contribution in [0.4, 0.5) is 5.69 Å². The number of carbonyl (C=O) groups is 1. The smallest absolute Gasteiger partial charge is 0.324 e. The number of rotatable bonds is 8. The van der Waals surface area contributed by atoms with Crippen LogP contribution >= 0.6 is 7.60 Å². The lowest BCUT2D eigenvalue weighted by Crippen LogP contribution is -2.31. The molecule has 1 amide bonds. The number of amides is 1. The summed E-state index contributed by atoms with van der Waals surface area (Å²) >= 11 is 0. The van der Waals surface area contributed by atoms with E-state index in [1.54, 1.807) is 36.4 Å². The van der Waals surface area contributed by atoms with Gasteiger partial charge >= 0.3 is 7.60 Å². The number of pyridine rings is 1. The molecule has 118 valence electrons. The molecule has 1 rings (SSSR count). The fourth-order valence-electron chi connectivity index (χ4n) is 1.81. The van der Waals surface area contributed by atoms with Crippen LogP contribution in [0.1, 0.15) is 33.6 Å². The van der Waals surface area contributed by atoms with E-state index in [1.807, 2.05) is 13.8 Å². The van der Waals surface area contributed by atoms with Gasteiger partial charge in [-0.25, -0.2) is 0 Å². The molecule has 21 heavy (non-hydrogen) atoms. The van der Waals surface area contributed by atoms with E-state index in [0.717, 1.165) is 5.69 Å². The van der Waals surface area contributed by atoms with E-state index in [1.165, 1.54) is 0 Å². The zero-order chi connectivity index (χ0) is 15.9. The molecule has 1 aromatic rings. The van der Waals surface area contributed by atoms with Crippen molar-refractivity contribution in [3.8, 4) is 0 Å². The largest absolute Gasteiger partial charge is 0.328 e. The van der Waals surface area contributed by atoms with Crippen molar-refractivity contribution in [2.24, 2.45) is 0 Å². The van der Waals surface area contributed by atoms with Crippen LogP contribution in [0.5, 0.6) is 0 Å². The Balaban J connectivity index is 2.61. The summed E-state index contributed by atoms with van der Waals surface area (Å²) in [5, 5.41) is 0. The van der Waals surface area contributed by atoms with Crippen LogP contribution in [0.2, 0.25) is 0 Å². The van der Waals surface area contributed by atoms with Gasteiger partial charge in [0.25, 0.3) is 0 Å². The van der Waals surface area contributed by atoms with Gasteiger partial charge in [0.15, 0.2) is 0 Å². The lowest BCUT2D eigenvalue weighted by atomic mass is 10.3. The van der Waals surface area contributed by atoms with Gasteiger partial charge in [0.05, 0.1) is 12.3 Å². The summed E-state index contributed by atoms with van der Waals surface area (Å²) in [6.07, 6.45) is 3.37. The Kier molecular flexibility index (Phi) is 7.02. The first-order chi connectivity index (χ1) is 9.89. The zero-order valence-corrected chi connectivity index (χ0v) is 13.6. The number of anilines is 1. The second-order valence-electron chi connectivity index (χ2n) is 4.78. The lowest BCUT2D eigenvalue weighted by molar-refractivity contribution is -0.118. The van der Waals surface area contributed by atoms with Crippen molar-refractivity contribution in [3.05, 3.63) is 24.5 Å². The average molecular weight is 314 g/mol. The van der Waals surface area contributed by atoms with Gasteiger partial charge in [0, 0.05) is 31.0 Å². The maximum atomic E-state index is 12.2. The topological polar surface area (TPSA) is 79.7 Å². The molecule has 7 heteroatoms. The minimum Gasteiger partial charge on any atom is -0.324 e. The summed E-state index contributed by atoms with van der Waals surface area (Å²) in [4.78, 5) is 27.4. The Morgan fingerprint density at radius 2 is 2.05 bits per heavy atom. The van der Waals surface area contributed by atoms with Gasteiger partial charge in [-0.3, -0.25) is 14.3 Å². The van der Waals surface area contributed by atoms with Crippen molar-refractivity contribution < 1.29 is 18.8 Å². The molecule has 0 aliphatic rings. The molecule has 2 unspecified atom stereocenters. The number of carbonyl (C=O) groups excluding carboxylic acids is 1. The molecule has 2 atom stereocenters. The van der Waals surface area contributed by atoms with Crippen molar-refractivity contribution >= 4 is 19.2 Å². The number of hydrogen-bond acceptors (Lipinski definition) is 4. The quantitative estimate of drug-likeness (QED) is 0.746. The Labute approximate surface area is 125 Å². The molecule has 0 aliphatic carbocycles. The average Bonchev–Trinajstić information content (AvgIpc) is 2.46. The van der Waals surface area contributed by atoms with Crippen LogP contribution in [0.25, 0.3) is 0 Å². The van der Waals surface area contributed by atoms with Gasteiger partial charge in [-0.2, -0.15) is 0 Å². The van der Waals surface area contributed by atoms with Crippen LogP contribution in [0, 0.1) is 0 Å². The minimum atomic E-state index is -3.72. The van der Waals surface area contributed by atoms with Crippen molar-refractivity contribution in [3.63, 3.8) is 0 Å². The SMILES string of the molecule is CCC(C)OP(=O)(O)CCC(=O)N(CC)c1ccncc1. The standard InChI is InChI=1S/C14H23N2O4P/c1-4-12(3)20-21(18,19)11-8-14(17)16(5-2)13-6-9-15-10-7-13/h6-7,9-10,12H,4-5,8,11H2,1-3H3,(H,18,19). The van der Waals surface area contributed by atoms with Crippen molar-refractivity contribution in [2.75, 3.05) is 17.6 Å². The van der Waals surface area contributed by atoms with Gasteiger partial charge in [-0.05, 0) is 32.4 Å². The Hall–Kier alpha value is -1.23. The normalized spacial score (nSPS) is 15.2. The number of aromatic nitrogens is 1. The molecule has 0 radical (unpaired) electrons. The van der Waals surface area contributed by atoms with Crippen molar-refractivity contribution in [1.29, 1.82) is 0 Å². The van der Waals surface area contributed by atoms with Gasteiger partial charge in [-0.15, -0.1) is 0 Å². The van der Waals surface area contributed by atoms with Crippen LogP contribution in [-0.4, -0.2) is 34.6 Å². The molecule has 1 aromatic heterocycles. The zero-order valence-electron chi connectivity index (χ0n) is 12.7. The third-order valence-corrected chi connectivity index (χ3v) is 4.60. The molecular formula is C14H23N2O4P. The molecular weight excluding hydrogens is 291 g/mol. The second kappa shape index (κ2) is 8.27. The number of hydrogen-bond donors (Lipinski definition) is 1.